The molecule has 0 fully saturated rings. The molecule has 1 aromatic carbocycles. The Hall–Kier alpha value is -1.39. The van der Waals surface area contributed by atoms with Crippen molar-refractivity contribution in [1.82, 2.24) is 15.5 Å². The second kappa shape index (κ2) is 6.68. The first-order valence-electron chi connectivity index (χ1n) is 6.97. The van der Waals surface area contributed by atoms with Crippen molar-refractivity contribution in [3.8, 4) is 0 Å². The fraction of sp³-hybridized carbons (Fsp3) is 0.533. The van der Waals surface area contributed by atoms with E-state index in [1.54, 1.807) is 0 Å². The van der Waals surface area contributed by atoms with Gasteiger partial charge in [0.05, 0.1) is 6.04 Å². The number of benzene rings is 1. The summed E-state index contributed by atoms with van der Waals surface area (Å²) in [5.74, 6) is 0.110. The first-order valence-corrected chi connectivity index (χ1v) is 6.97. The molecule has 1 aliphatic rings. The van der Waals surface area contributed by atoms with Gasteiger partial charge in [-0.1, -0.05) is 31.2 Å². The van der Waals surface area contributed by atoms with Crippen LogP contribution in [0.25, 0.3) is 0 Å². The van der Waals surface area contributed by atoms with Crippen LogP contribution >= 0.6 is 0 Å². The third-order valence-corrected chi connectivity index (χ3v) is 3.73. The molecule has 1 heterocycles. The fourth-order valence-electron chi connectivity index (χ4n) is 2.29. The van der Waals surface area contributed by atoms with Crippen molar-refractivity contribution in [3.63, 3.8) is 0 Å². The van der Waals surface area contributed by atoms with Gasteiger partial charge in [-0.3, -0.25) is 4.79 Å². The van der Waals surface area contributed by atoms with Crippen molar-refractivity contribution >= 4 is 5.91 Å². The van der Waals surface area contributed by atoms with Crippen molar-refractivity contribution in [3.05, 3.63) is 35.4 Å². The molecule has 0 saturated carbocycles. The summed E-state index contributed by atoms with van der Waals surface area (Å²) in [7, 11) is 2.06. The lowest BCUT2D eigenvalue weighted by Gasteiger charge is -2.25. The van der Waals surface area contributed by atoms with E-state index < -0.39 is 0 Å². The first kappa shape index (κ1) is 14.0. The van der Waals surface area contributed by atoms with Gasteiger partial charge in [0.1, 0.15) is 0 Å². The topological polar surface area (TPSA) is 44.4 Å². The first-order chi connectivity index (χ1) is 9.20. The van der Waals surface area contributed by atoms with E-state index in [0.29, 0.717) is 6.54 Å². The molecule has 0 unspecified atom stereocenters. The van der Waals surface area contributed by atoms with E-state index in [4.69, 9.17) is 0 Å². The molecule has 2 N–H and O–H groups in total. The lowest BCUT2D eigenvalue weighted by molar-refractivity contribution is -0.123. The predicted molar refractivity (Wildman–Crippen MR) is 77.0 cm³/mol. The van der Waals surface area contributed by atoms with E-state index in [9.17, 15) is 4.79 Å². The largest absolute Gasteiger partial charge is 0.353 e. The van der Waals surface area contributed by atoms with Gasteiger partial charge in [-0.2, -0.15) is 0 Å². The highest BCUT2D eigenvalue weighted by Crippen LogP contribution is 2.16. The van der Waals surface area contributed by atoms with Crippen LogP contribution in [0.5, 0.6) is 0 Å². The highest BCUT2D eigenvalue weighted by atomic mass is 16.2. The smallest absolute Gasteiger partial charge is 0.237 e. The Morgan fingerprint density at radius 1 is 1.42 bits per heavy atom. The quantitative estimate of drug-likeness (QED) is 0.823. The van der Waals surface area contributed by atoms with Crippen LogP contribution in [0.1, 0.15) is 18.1 Å². The number of carbonyl (C=O) groups excluding carboxylic acids is 1. The normalized spacial score (nSPS) is 18.2. The number of carbonyl (C=O) groups is 1. The van der Waals surface area contributed by atoms with Crippen LogP contribution in [0, 0.1) is 0 Å². The van der Waals surface area contributed by atoms with E-state index >= 15 is 0 Å². The molecule has 1 aromatic rings. The van der Waals surface area contributed by atoms with Gasteiger partial charge in [-0.05, 0) is 31.1 Å². The zero-order valence-corrected chi connectivity index (χ0v) is 11.8. The number of nitrogens with one attached hydrogen (secondary N) is 2. The molecule has 2 rings (SSSR count). The number of amides is 1. The summed E-state index contributed by atoms with van der Waals surface area (Å²) in [6.45, 7) is 5.50. The molecule has 0 aromatic heterocycles. The van der Waals surface area contributed by atoms with Gasteiger partial charge in [-0.25, -0.2) is 0 Å². The molecule has 0 radical (unpaired) electrons. The van der Waals surface area contributed by atoms with E-state index in [-0.39, 0.29) is 11.9 Å². The second-order valence-corrected chi connectivity index (χ2v) is 5.09. The highest BCUT2D eigenvalue weighted by molar-refractivity contribution is 5.82. The van der Waals surface area contributed by atoms with Gasteiger partial charge in [0.25, 0.3) is 0 Å². The molecule has 0 aliphatic carbocycles. The summed E-state index contributed by atoms with van der Waals surface area (Å²) in [4.78, 5) is 14.3. The van der Waals surface area contributed by atoms with Gasteiger partial charge in [0, 0.05) is 19.6 Å². The lowest BCUT2D eigenvalue weighted by atomic mass is 9.95. The summed E-state index contributed by atoms with van der Waals surface area (Å²) < 4.78 is 0. The third-order valence-electron chi connectivity index (χ3n) is 3.73. The van der Waals surface area contributed by atoms with Crippen molar-refractivity contribution in [1.29, 1.82) is 0 Å². The summed E-state index contributed by atoms with van der Waals surface area (Å²) in [5.41, 5.74) is 2.59. The molecule has 0 saturated heterocycles. The lowest BCUT2D eigenvalue weighted by Crippen LogP contribution is -2.48. The minimum atomic E-state index is -0.0955. The SMILES string of the molecule is CCN(C)CCNC(=O)[C@@H]1Cc2ccccc2CN1. The average Bonchev–Trinajstić information content (AvgIpc) is 2.46. The summed E-state index contributed by atoms with van der Waals surface area (Å²) >= 11 is 0. The minimum absolute atomic E-state index is 0.0955. The molecular weight excluding hydrogens is 238 g/mol. The molecule has 1 amide bonds. The summed E-state index contributed by atoms with van der Waals surface area (Å²) in [5, 5.41) is 6.31. The monoisotopic (exact) mass is 261 g/mol. The van der Waals surface area contributed by atoms with Crippen LogP contribution in [0.4, 0.5) is 0 Å². The zero-order chi connectivity index (χ0) is 13.7. The van der Waals surface area contributed by atoms with Crippen LogP contribution in [0.15, 0.2) is 24.3 Å². The Kier molecular flexibility index (Phi) is 4.93. The Labute approximate surface area is 115 Å². The predicted octanol–water partition coefficient (Wildman–Crippen LogP) is 0.769. The third kappa shape index (κ3) is 3.78. The zero-order valence-electron chi connectivity index (χ0n) is 11.8. The molecule has 0 bridgehead atoms. The van der Waals surface area contributed by atoms with Crippen LogP contribution in [-0.4, -0.2) is 43.5 Å². The van der Waals surface area contributed by atoms with E-state index in [0.717, 1.165) is 26.1 Å². The van der Waals surface area contributed by atoms with Gasteiger partial charge in [-0.15, -0.1) is 0 Å². The molecular formula is C15H23N3O. The second-order valence-electron chi connectivity index (χ2n) is 5.09. The van der Waals surface area contributed by atoms with Gasteiger partial charge < -0.3 is 15.5 Å². The molecule has 4 nitrogen and oxygen atoms in total. The van der Waals surface area contributed by atoms with Crippen molar-refractivity contribution < 1.29 is 4.79 Å². The number of likely N-dealkylation sites (N-methyl/N-ethyl adjacent to an activating group) is 1. The summed E-state index contributed by atoms with van der Waals surface area (Å²) in [6, 6.07) is 8.21. The highest BCUT2D eigenvalue weighted by Gasteiger charge is 2.23. The van der Waals surface area contributed by atoms with E-state index in [1.165, 1.54) is 11.1 Å². The number of hydrogen-bond donors (Lipinski definition) is 2. The molecule has 0 spiro atoms. The minimum Gasteiger partial charge on any atom is -0.353 e. The maximum atomic E-state index is 12.1. The van der Waals surface area contributed by atoms with Crippen LogP contribution in [-0.2, 0) is 17.8 Å². The van der Waals surface area contributed by atoms with Gasteiger partial charge in [0.2, 0.25) is 5.91 Å². The fourth-order valence-corrected chi connectivity index (χ4v) is 2.29. The maximum absolute atomic E-state index is 12.1. The van der Waals surface area contributed by atoms with E-state index in [2.05, 4.69) is 41.6 Å². The molecule has 19 heavy (non-hydrogen) atoms. The van der Waals surface area contributed by atoms with Crippen molar-refractivity contribution in [2.24, 2.45) is 0 Å². The summed E-state index contributed by atoms with van der Waals surface area (Å²) in [6.07, 6.45) is 0.783. The standard InChI is InChI=1S/C15H23N3O/c1-3-18(2)9-8-16-15(19)14-10-12-6-4-5-7-13(12)11-17-14/h4-7,14,17H,3,8-11H2,1-2H3,(H,16,19)/t14-/m0/s1. The van der Waals surface area contributed by atoms with E-state index in [1.807, 2.05) is 12.1 Å². The molecule has 1 aliphatic heterocycles. The molecule has 4 heteroatoms. The molecule has 1 atom stereocenters. The van der Waals surface area contributed by atoms with Crippen LogP contribution < -0.4 is 10.6 Å². The van der Waals surface area contributed by atoms with Crippen LogP contribution in [0.3, 0.4) is 0 Å². The number of nitrogens with zero attached hydrogens (tertiary/aromatic N) is 1. The number of hydrogen-bond acceptors (Lipinski definition) is 3. The van der Waals surface area contributed by atoms with Crippen molar-refractivity contribution in [2.75, 3.05) is 26.7 Å². The molecule has 104 valence electrons. The Morgan fingerprint density at radius 2 is 2.16 bits per heavy atom. The number of rotatable bonds is 5. The van der Waals surface area contributed by atoms with Crippen LogP contribution in [0.2, 0.25) is 0 Å². The van der Waals surface area contributed by atoms with Gasteiger partial charge >= 0.3 is 0 Å². The Morgan fingerprint density at radius 3 is 2.89 bits per heavy atom. The maximum Gasteiger partial charge on any atom is 0.237 e. The average molecular weight is 261 g/mol. The Balaban J connectivity index is 1.82. The number of fused-ring (bicyclic) bond motifs is 1. The Bertz CT molecular complexity index is 433. The van der Waals surface area contributed by atoms with Gasteiger partial charge in [0.15, 0.2) is 0 Å². The van der Waals surface area contributed by atoms with Crippen molar-refractivity contribution in [2.45, 2.75) is 25.9 Å².